The van der Waals surface area contributed by atoms with E-state index in [0.29, 0.717) is 30.8 Å². The summed E-state index contributed by atoms with van der Waals surface area (Å²) in [5.74, 6) is -1.13. The van der Waals surface area contributed by atoms with Crippen LogP contribution in [0.25, 0.3) is 0 Å². The number of carboxylic acid groups (broad SMARTS) is 1. The summed E-state index contributed by atoms with van der Waals surface area (Å²) >= 11 is 0. The molecule has 1 saturated heterocycles. The molecule has 2 aromatic carbocycles. The lowest BCUT2D eigenvalue weighted by Gasteiger charge is -2.26. The third-order valence-electron chi connectivity index (χ3n) is 5.55. The van der Waals surface area contributed by atoms with Crippen molar-refractivity contribution in [2.24, 2.45) is 0 Å². The molecule has 2 aromatic rings. The molecule has 2 aliphatic rings. The van der Waals surface area contributed by atoms with Crippen LogP contribution < -0.4 is 4.31 Å². The van der Waals surface area contributed by atoms with Crippen LogP contribution in [0.3, 0.4) is 0 Å². The van der Waals surface area contributed by atoms with E-state index in [1.165, 1.54) is 38.9 Å². The van der Waals surface area contributed by atoms with E-state index in [-0.39, 0.29) is 21.9 Å². The first-order valence-corrected chi connectivity index (χ1v) is 12.6. The van der Waals surface area contributed by atoms with Gasteiger partial charge < -0.3 is 5.11 Å². The van der Waals surface area contributed by atoms with Crippen molar-refractivity contribution in [3.8, 4) is 0 Å². The molecule has 2 aliphatic heterocycles. The minimum atomic E-state index is -3.88. The molecule has 0 saturated carbocycles. The second-order valence-corrected chi connectivity index (χ2v) is 11.2. The van der Waals surface area contributed by atoms with Crippen molar-refractivity contribution in [3.63, 3.8) is 0 Å². The highest BCUT2D eigenvalue weighted by Crippen LogP contribution is 2.35. The van der Waals surface area contributed by atoms with Gasteiger partial charge in [-0.2, -0.15) is 4.31 Å². The number of anilines is 1. The molecule has 0 aromatic heterocycles. The van der Waals surface area contributed by atoms with E-state index >= 15 is 0 Å². The number of fused-ring (bicyclic) bond motifs is 1. The van der Waals surface area contributed by atoms with Gasteiger partial charge >= 0.3 is 5.97 Å². The predicted molar refractivity (Wildman–Crippen MR) is 111 cm³/mol. The van der Waals surface area contributed by atoms with E-state index in [0.717, 1.165) is 19.3 Å². The van der Waals surface area contributed by atoms with Gasteiger partial charge in [-0.3, -0.25) is 4.31 Å². The fraction of sp³-hybridized carbons (Fsp3) is 0.350. The van der Waals surface area contributed by atoms with Crippen LogP contribution in [0, 0.1) is 0 Å². The number of nitrogens with zero attached hydrogens (tertiary/aromatic N) is 2. The zero-order valence-corrected chi connectivity index (χ0v) is 17.8. The van der Waals surface area contributed by atoms with Gasteiger partial charge in [0.2, 0.25) is 10.0 Å². The minimum Gasteiger partial charge on any atom is -0.478 e. The summed E-state index contributed by atoms with van der Waals surface area (Å²) in [6, 6.07) is 9.62. The van der Waals surface area contributed by atoms with Gasteiger partial charge in [0.25, 0.3) is 10.0 Å². The van der Waals surface area contributed by atoms with E-state index in [1.807, 2.05) is 0 Å². The highest BCUT2D eigenvalue weighted by molar-refractivity contribution is 7.92. The number of hydrogen-bond acceptors (Lipinski definition) is 5. The van der Waals surface area contributed by atoms with Crippen LogP contribution >= 0.6 is 0 Å². The number of carbonyl (C=O) groups is 1. The van der Waals surface area contributed by atoms with E-state index in [9.17, 15) is 21.6 Å². The summed E-state index contributed by atoms with van der Waals surface area (Å²) in [6.07, 6.45) is 3.12. The van der Waals surface area contributed by atoms with Crippen LogP contribution in [-0.2, 0) is 26.5 Å². The second kappa shape index (κ2) is 7.68. The van der Waals surface area contributed by atoms with Gasteiger partial charge in [-0.15, -0.1) is 0 Å². The summed E-state index contributed by atoms with van der Waals surface area (Å²) in [4.78, 5) is 11.2. The van der Waals surface area contributed by atoms with E-state index in [2.05, 4.69) is 0 Å². The van der Waals surface area contributed by atoms with Gasteiger partial charge in [0, 0.05) is 19.6 Å². The Morgan fingerprint density at radius 1 is 0.800 bits per heavy atom. The molecule has 30 heavy (non-hydrogen) atoms. The molecule has 2 heterocycles. The SMILES string of the molecule is O=C(O)c1ccc(S(=O)(=O)N2CCc3cc(S(=O)(=O)N4CCCCC4)ccc32)cc1. The Hall–Kier alpha value is -2.43. The van der Waals surface area contributed by atoms with Gasteiger partial charge in [-0.05, 0) is 67.3 Å². The lowest BCUT2D eigenvalue weighted by Crippen LogP contribution is -2.35. The number of carboxylic acids is 1. The van der Waals surface area contributed by atoms with Crippen LogP contribution in [0.2, 0.25) is 0 Å². The largest absolute Gasteiger partial charge is 0.478 e. The van der Waals surface area contributed by atoms with Crippen LogP contribution in [-0.4, -0.2) is 51.9 Å². The molecule has 0 bridgehead atoms. The fourth-order valence-electron chi connectivity index (χ4n) is 3.91. The zero-order valence-electron chi connectivity index (χ0n) is 16.2. The molecule has 0 radical (unpaired) electrons. The average Bonchev–Trinajstić information content (AvgIpc) is 3.18. The molecule has 8 nitrogen and oxygen atoms in total. The monoisotopic (exact) mass is 450 g/mol. The first kappa shape index (κ1) is 20.8. The van der Waals surface area contributed by atoms with Crippen LogP contribution in [0.4, 0.5) is 5.69 Å². The maximum absolute atomic E-state index is 13.1. The van der Waals surface area contributed by atoms with Gasteiger partial charge in [-0.1, -0.05) is 6.42 Å². The molecule has 0 unspecified atom stereocenters. The van der Waals surface area contributed by atoms with E-state index < -0.39 is 26.0 Å². The molecule has 1 N–H and O–H groups in total. The summed E-state index contributed by atoms with van der Waals surface area (Å²) in [7, 11) is -7.47. The van der Waals surface area contributed by atoms with Crippen molar-refractivity contribution in [1.29, 1.82) is 0 Å². The van der Waals surface area contributed by atoms with Crippen molar-refractivity contribution in [3.05, 3.63) is 53.6 Å². The predicted octanol–water partition coefficient (Wildman–Crippen LogP) is 2.31. The summed E-state index contributed by atoms with van der Waals surface area (Å²) in [5, 5.41) is 8.99. The minimum absolute atomic E-state index is 0.00309. The number of sulfonamides is 2. The Bertz CT molecular complexity index is 1180. The zero-order chi connectivity index (χ0) is 21.5. The Morgan fingerprint density at radius 3 is 2.07 bits per heavy atom. The van der Waals surface area contributed by atoms with E-state index in [1.54, 1.807) is 12.1 Å². The number of rotatable bonds is 5. The quantitative estimate of drug-likeness (QED) is 0.748. The third kappa shape index (κ3) is 3.59. The lowest BCUT2D eigenvalue weighted by atomic mass is 10.2. The smallest absolute Gasteiger partial charge is 0.335 e. The van der Waals surface area contributed by atoms with Crippen molar-refractivity contribution < 1.29 is 26.7 Å². The highest BCUT2D eigenvalue weighted by Gasteiger charge is 2.33. The van der Waals surface area contributed by atoms with Crippen LogP contribution in [0.1, 0.15) is 35.2 Å². The Balaban J connectivity index is 1.64. The molecular formula is C20H22N2O6S2. The molecule has 0 amide bonds. The molecule has 160 valence electrons. The molecule has 4 rings (SSSR count). The highest BCUT2D eigenvalue weighted by atomic mass is 32.2. The van der Waals surface area contributed by atoms with Gasteiger partial charge in [0.1, 0.15) is 0 Å². The van der Waals surface area contributed by atoms with Gasteiger partial charge in [0.05, 0.1) is 21.0 Å². The molecule has 10 heteroatoms. The van der Waals surface area contributed by atoms with Crippen molar-refractivity contribution in [1.82, 2.24) is 4.31 Å². The topological polar surface area (TPSA) is 112 Å². The maximum atomic E-state index is 13.1. The van der Waals surface area contributed by atoms with Crippen molar-refractivity contribution in [2.75, 3.05) is 23.9 Å². The molecular weight excluding hydrogens is 428 g/mol. The van der Waals surface area contributed by atoms with Crippen molar-refractivity contribution in [2.45, 2.75) is 35.5 Å². The Labute approximate surface area is 175 Å². The van der Waals surface area contributed by atoms with E-state index in [4.69, 9.17) is 5.11 Å². The normalized spacial score (nSPS) is 17.7. The standard InChI is InChI=1S/C20H22N2O6S2/c23-20(24)15-4-6-17(7-5-15)30(27,28)22-13-10-16-14-18(8-9-19(16)22)29(25,26)21-11-2-1-3-12-21/h4-9,14H,1-3,10-13H2,(H,23,24). The average molecular weight is 451 g/mol. The molecule has 0 spiro atoms. The summed E-state index contributed by atoms with van der Waals surface area (Å²) in [5.41, 5.74) is 1.12. The second-order valence-electron chi connectivity index (χ2n) is 7.41. The Morgan fingerprint density at radius 2 is 1.43 bits per heavy atom. The number of aromatic carboxylic acids is 1. The van der Waals surface area contributed by atoms with Gasteiger partial charge in [0.15, 0.2) is 0 Å². The summed E-state index contributed by atoms with van der Waals surface area (Å²) in [6.45, 7) is 1.21. The third-order valence-corrected chi connectivity index (χ3v) is 9.27. The van der Waals surface area contributed by atoms with Crippen molar-refractivity contribution >= 4 is 31.7 Å². The number of benzene rings is 2. The molecule has 0 aliphatic carbocycles. The summed E-state index contributed by atoms with van der Waals surface area (Å²) < 4.78 is 54.7. The number of piperidine rings is 1. The fourth-order valence-corrected chi connectivity index (χ4v) is 6.98. The Kier molecular flexibility index (Phi) is 5.33. The van der Waals surface area contributed by atoms with Crippen LogP contribution in [0.15, 0.2) is 52.3 Å². The first-order chi connectivity index (χ1) is 14.2. The lowest BCUT2D eigenvalue weighted by molar-refractivity contribution is 0.0696. The van der Waals surface area contributed by atoms with Gasteiger partial charge in [-0.25, -0.2) is 21.6 Å². The first-order valence-electron chi connectivity index (χ1n) is 9.70. The number of hydrogen-bond donors (Lipinski definition) is 1. The van der Waals surface area contributed by atoms with Crippen LogP contribution in [0.5, 0.6) is 0 Å². The maximum Gasteiger partial charge on any atom is 0.335 e. The molecule has 0 atom stereocenters. The molecule has 1 fully saturated rings.